The lowest BCUT2D eigenvalue weighted by Crippen LogP contribution is -2.32. The Morgan fingerprint density at radius 3 is 2.92 bits per heavy atom. The first-order valence-corrected chi connectivity index (χ1v) is 9.39. The van der Waals surface area contributed by atoms with Gasteiger partial charge < -0.3 is 4.74 Å². The first-order chi connectivity index (χ1) is 12.3. The molecule has 1 aliphatic heterocycles. The number of amidine groups is 1. The fourth-order valence-electron chi connectivity index (χ4n) is 2.60. The fourth-order valence-corrected chi connectivity index (χ4v) is 3.57. The van der Waals surface area contributed by atoms with Crippen molar-refractivity contribution in [3.8, 4) is 5.88 Å². The van der Waals surface area contributed by atoms with E-state index in [0.717, 1.165) is 17.3 Å². The monoisotopic (exact) mass is 355 g/mol. The number of ether oxygens (including phenoxy) is 1. The number of carbonyl (C=O) groups is 1. The quantitative estimate of drug-likeness (QED) is 0.798. The summed E-state index contributed by atoms with van der Waals surface area (Å²) in [5, 5.41) is 0.784. The van der Waals surface area contributed by atoms with Crippen LogP contribution in [0.5, 0.6) is 5.88 Å². The van der Waals surface area contributed by atoms with E-state index >= 15 is 0 Å². The molecule has 1 aromatic carbocycles. The Hall–Kier alpha value is -2.34. The highest BCUT2D eigenvalue weighted by molar-refractivity contribution is 8.14. The summed E-state index contributed by atoms with van der Waals surface area (Å²) >= 11 is 1.62. The SMILES string of the molecule is CCOc1ncccc1C(=O)N1CCSC1=NCCc1ccccc1. The van der Waals surface area contributed by atoms with E-state index in [9.17, 15) is 4.79 Å². The summed E-state index contributed by atoms with van der Waals surface area (Å²) in [7, 11) is 0. The van der Waals surface area contributed by atoms with Gasteiger partial charge in [-0.05, 0) is 31.0 Å². The first kappa shape index (κ1) is 17.5. The third-order valence-corrected chi connectivity index (χ3v) is 4.79. The molecule has 1 fully saturated rings. The van der Waals surface area contributed by atoms with Crippen LogP contribution in [0.4, 0.5) is 0 Å². The van der Waals surface area contributed by atoms with E-state index in [1.165, 1.54) is 5.56 Å². The van der Waals surface area contributed by atoms with E-state index in [2.05, 4.69) is 22.1 Å². The van der Waals surface area contributed by atoms with E-state index in [0.29, 0.717) is 31.1 Å². The van der Waals surface area contributed by atoms with Crippen LogP contribution in [0, 0.1) is 0 Å². The van der Waals surface area contributed by atoms with E-state index in [1.54, 1.807) is 35.0 Å². The fraction of sp³-hybridized carbons (Fsp3) is 0.316. The summed E-state index contributed by atoms with van der Waals surface area (Å²) in [6.45, 7) is 3.69. The van der Waals surface area contributed by atoms with Gasteiger partial charge in [0.2, 0.25) is 5.88 Å². The normalized spacial score (nSPS) is 15.6. The predicted molar refractivity (Wildman–Crippen MR) is 101 cm³/mol. The van der Waals surface area contributed by atoms with Gasteiger partial charge in [-0.3, -0.25) is 14.7 Å². The summed E-state index contributed by atoms with van der Waals surface area (Å²) in [4.78, 5) is 23.4. The molecule has 0 radical (unpaired) electrons. The van der Waals surface area contributed by atoms with Crippen LogP contribution >= 0.6 is 11.8 Å². The number of rotatable bonds is 6. The Labute approximate surface area is 152 Å². The topological polar surface area (TPSA) is 54.8 Å². The molecule has 0 saturated carbocycles. The standard InChI is InChI=1S/C19H21N3O2S/c1-2-24-17-16(9-6-11-20-17)18(23)22-13-14-25-19(22)21-12-10-15-7-4-3-5-8-15/h3-9,11H,2,10,12-14H2,1H3. The maximum absolute atomic E-state index is 12.9. The van der Waals surface area contributed by atoms with Crippen molar-refractivity contribution in [1.82, 2.24) is 9.88 Å². The van der Waals surface area contributed by atoms with Crippen molar-refractivity contribution in [1.29, 1.82) is 0 Å². The second-order valence-electron chi connectivity index (χ2n) is 5.49. The number of thioether (sulfide) groups is 1. The Balaban J connectivity index is 1.70. The number of hydrogen-bond acceptors (Lipinski definition) is 5. The van der Waals surface area contributed by atoms with Crippen LogP contribution in [-0.4, -0.2) is 46.4 Å². The molecule has 1 aromatic heterocycles. The molecule has 1 amide bonds. The smallest absolute Gasteiger partial charge is 0.265 e. The number of amides is 1. The van der Waals surface area contributed by atoms with Gasteiger partial charge in [-0.15, -0.1) is 0 Å². The van der Waals surface area contributed by atoms with Crippen molar-refractivity contribution in [3.63, 3.8) is 0 Å². The molecule has 1 saturated heterocycles. The average molecular weight is 355 g/mol. The molecule has 5 nitrogen and oxygen atoms in total. The molecule has 25 heavy (non-hydrogen) atoms. The molecule has 0 unspecified atom stereocenters. The largest absolute Gasteiger partial charge is 0.477 e. The zero-order valence-corrected chi connectivity index (χ0v) is 15.0. The van der Waals surface area contributed by atoms with Gasteiger partial charge in [0.05, 0.1) is 6.61 Å². The number of nitrogens with zero attached hydrogens (tertiary/aromatic N) is 3. The number of hydrogen-bond donors (Lipinski definition) is 0. The van der Waals surface area contributed by atoms with Gasteiger partial charge in [-0.1, -0.05) is 42.1 Å². The third-order valence-electron chi connectivity index (χ3n) is 3.80. The molecular formula is C19H21N3O2S. The zero-order valence-electron chi connectivity index (χ0n) is 14.2. The number of carbonyl (C=O) groups excluding carboxylic acids is 1. The highest BCUT2D eigenvalue weighted by Crippen LogP contribution is 2.24. The molecule has 0 aliphatic carbocycles. The summed E-state index contributed by atoms with van der Waals surface area (Å²) in [5.41, 5.74) is 1.74. The molecule has 1 aliphatic rings. The van der Waals surface area contributed by atoms with Gasteiger partial charge >= 0.3 is 0 Å². The average Bonchev–Trinajstić information content (AvgIpc) is 3.11. The van der Waals surface area contributed by atoms with Crippen molar-refractivity contribution >= 4 is 22.8 Å². The number of aliphatic imine (C=N–C) groups is 1. The van der Waals surface area contributed by atoms with Gasteiger partial charge in [0.1, 0.15) is 5.56 Å². The molecule has 0 spiro atoms. The second-order valence-corrected chi connectivity index (χ2v) is 6.56. The lowest BCUT2D eigenvalue weighted by Gasteiger charge is -2.17. The molecule has 0 N–H and O–H groups in total. The van der Waals surface area contributed by atoms with E-state index < -0.39 is 0 Å². The molecule has 2 aromatic rings. The van der Waals surface area contributed by atoms with E-state index in [1.807, 2.05) is 25.1 Å². The van der Waals surface area contributed by atoms with Crippen LogP contribution in [0.15, 0.2) is 53.7 Å². The summed E-state index contributed by atoms with van der Waals surface area (Å²) < 4.78 is 5.49. The lowest BCUT2D eigenvalue weighted by atomic mass is 10.2. The predicted octanol–water partition coefficient (Wildman–Crippen LogP) is 3.27. The molecular weight excluding hydrogens is 334 g/mol. The van der Waals surface area contributed by atoms with Gasteiger partial charge in [-0.2, -0.15) is 0 Å². The molecule has 0 atom stereocenters. The van der Waals surface area contributed by atoms with E-state index in [-0.39, 0.29) is 5.91 Å². The highest BCUT2D eigenvalue weighted by Gasteiger charge is 2.28. The maximum Gasteiger partial charge on any atom is 0.265 e. The minimum atomic E-state index is -0.0972. The summed E-state index contributed by atoms with van der Waals surface area (Å²) in [5.74, 6) is 1.15. The van der Waals surface area contributed by atoms with Gasteiger partial charge in [0, 0.05) is 25.0 Å². The third kappa shape index (κ3) is 4.39. The van der Waals surface area contributed by atoms with Crippen molar-refractivity contribution in [2.45, 2.75) is 13.3 Å². The van der Waals surface area contributed by atoms with Crippen LogP contribution in [-0.2, 0) is 6.42 Å². The van der Waals surface area contributed by atoms with Crippen LogP contribution in [0.1, 0.15) is 22.8 Å². The van der Waals surface area contributed by atoms with E-state index in [4.69, 9.17) is 4.74 Å². The number of aromatic nitrogens is 1. The van der Waals surface area contributed by atoms with Crippen LogP contribution in [0.2, 0.25) is 0 Å². The summed E-state index contributed by atoms with van der Waals surface area (Å²) in [6.07, 6.45) is 2.50. The van der Waals surface area contributed by atoms with Crippen LogP contribution < -0.4 is 4.74 Å². The Kier molecular flexibility index (Phi) is 6.06. The Morgan fingerprint density at radius 1 is 1.28 bits per heavy atom. The van der Waals surface area contributed by atoms with Crippen molar-refractivity contribution in [2.24, 2.45) is 4.99 Å². The number of pyridine rings is 1. The Morgan fingerprint density at radius 2 is 2.12 bits per heavy atom. The van der Waals surface area contributed by atoms with Gasteiger partial charge in [0.15, 0.2) is 5.17 Å². The Bertz CT molecular complexity index is 749. The maximum atomic E-state index is 12.9. The second kappa shape index (κ2) is 8.67. The van der Waals surface area contributed by atoms with Crippen molar-refractivity contribution < 1.29 is 9.53 Å². The first-order valence-electron chi connectivity index (χ1n) is 8.40. The molecule has 130 valence electrons. The molecule has 2 heterocycles. The lowest BCUT2D eigenvalue weighted by molar-refractivity contribution is 0.0854. The van der Waals surface area contributed by atoms with Crippen LogP contribution in [0.3, 0.4) is 0 Å². The zero-order chi connectivity index (χ0) is 17.5. The minimum absolute atomic E-state index is 0.0972. The van der Waals surface area contributed by atoms with Crippen LogP contribution in [0.25, 0.3) is 0 Å². The minimum Gasteiger partial charge on any atom is -0.477 e. The van der Waals surface area contributed by atoms with Crippen molar-refractivity contribution in [2.75, 3.05) is 25.4 Å². The highest BCUT2D eigenvalue weighted by atomic mass is 32.2. The van der Waals surface area contributed by atoms with Gasteiger partial charge in [0.25, 0.3) is 5.91 Å². The molecule has 3 rings (SSSR count). The molecule has 6 heteroatoms. The van der Waals surface area contributed by atoms with Crippen molar-refractivity contribution in [3.05, 3.63) is 59.8 Å². The molecule has 0 bridgehead atoms. The number of benzene rings is 1. The summed E-state index contributed by atoms with van der Waals surface area (Å²) in [6, 6.07) is 13.8. The van der Waals surface area contributed by atoms with Gasteiger partial charge in [-0.25, -0.2) is 4.98 Å².